The second kappa shape index (κ2) is 16.0. The third-order valence-corrected chi connectivity index (χ3v) is 4.87. The molecule has 0 aromatic rings. The van der Waals surface area contributed by atoms with Crippen LogP contribution in [0.25, 0.3) is 0 Å². The Morgan fingerprint density at radius 2 is 0.974 bits per heavy atom. The molecule has 0 unspecified atom stereocenters. The minimum Gasteiger partial charge on any atom is -0.463 e. The predicted molar refractivity (Wildman–Crippen MR) is 116 cm³/mol. The average Bonchev–Trinajstić information content (AvgIpc) is 3.35. The average molecular weight is 544 g/mol. The lowest BCUT2D eigenvalue weighted by molar-refractivity contribution is -0.276. The van der Waals surface area contributed by atoms with E-state index < -0.39 is 47.5 Å². The standard InChI is InChI=1S/C22H28N2O14/c25-15-7-8-16(26)23(15)36-20(30)4-1-3-19(29)34-13-11-33-12-14-35-38-22(32)6-2-5-21(31)37-24-17(27)9-10-18(24)28/h1-14H2. The van der Waals surface area contributed by atoms with E-state index >= 15 is 0 Å². The van der Waals surface area contributed by atoms with Gasteiger partial charge < -0.3 is 19.1 Å². The summed E-state index contributed by atoms with van der Waals surface area (Å²) >= 11 is 0. The number of imide groups is 2. The number of amides is 4. The van der Waals surface area contributed by atoms with Gasteiger partial charge in [0.05, 0.1) is 13.2 Å². The minimum absolute atomic E-state index is 0.00662. The highest BCUT2D eigenvalue weighted by atomic mass is 17.2. The van der Waals surface area contributed by atoms with Gasteiger partial charge in [0, 0.05) is 51.4 Å². The van der Waals surface area contributed by atoms with E-state index in [0.717, 1.165) is 0 Å². The van der Waals surface area contributed by atoms with Gasteiger partial charge in [-0.3, -0.25) is 28.9 Å². The maximum absolute atomic E-state index is 11.6. The second-order valence-electron chi connectivity index (χ2n) is 7.91. The Hall–Kier alpha value is -3.92. The number of hydrogen-bond acceptors (Lipinski definition) is 14. The van der Waals surface area contributed by atoms with Gasteiger partial charge in [-0.1, -0.05) is 0 Å². The zero-order valence-electron chi connectivity index (χ0n) is 20.5. The van der Waals surface area contributed by atoms with Crippen LogP contribution < -0.4 is 0 Å². The quantitative estimate of drug-likeness (QED) is 0.0751. The van der Waals surface area contributed by atoms with Gasteiger partial charge in [0.15, 0.2) is 0 Å². The van der Waals surface area contributed by atoms with Crippen molar-refractivity contribution in [3.8, 4) is 0 Å². The summed E-state index contributed by atoms with van der Waals surface area (Å²) in [5, 5.41) is 0.864. The molecule has 0 bridgehead atoms. The zero-order valence-corrected chi connectivity index (χ0v) is 20.5. The number of carbonyl (C=O) groups excluding carboxylic acids is 8. The van der Waals surface area contributed by atoms with E-state index in [9.17, 15) is 38.4 Å². The normalized spacial score (nSPS) is 15.2. The fraction of sp³-hybridized carbons (Fsp3) is 0.636. The molecular weight excluding hydrogens is 516 g/mol. The molecule has 2 rings (SSSR count). The van der Waals surface area contributed by atoms with E-state index in [2.05, 4.69) is 19.5 Å². The van der Waals surface area contributed by atoms with Crippen LogP contribution in [0.2, 0.25) is 0 Å². The molecule has 0 aromatic carbocycles. The van der Waals surface area contributed by atoms with Crippen LogP contribution in [-0.4, -0.2) is 84.1 Å². The molecule has 0 saturated carbocycles. The van der Waals surface area contributed by atoms with E-state index in [-0.39, 0.29) is 90.6 Å². The summed E-state index contributed by atoms with van der Waals surface area (Å²) in [5.41, 5.74) is 0. The highest BCUT2D eigenvalue weighted by Gasteiger charge is 2.33. The van der Waals surface area contributed by atoms with Crippen molar-refractivity contribution in [2.75, 3.05) is 26.4 Å². The van der Waals surface area contributed by atoms with Gasteiger partial charge >= 0.3 is 23.9 Å². The molecule has 0 aliphatic carbocycles. The number of ether oxygens (including phenoxy) is 2. The van der Waals surface area contributed by atoms with Crippen LogP contribution in [-0.2, 0) is 67.3 Å². The van der Waals surface area contributed by atoms with Crippen molar-refractivity contribution < 1.29 is 67.3 Å². The van der Waals surface area contributed by atoms with Crippen molar-refractivity contribution in [2.24, 2.45) is 0 Å². The molecular formula is C22H28N2O14. The Morgan fingerprint density at radius 3 is 1.47 bits per heavy atom. The summed E-state index contributed by atoms with van der Waals surface area (Å²) < 4.78 is 10.1. The SMILES string of the molecule is O=C(CCCC(=O)ON1C(=O)CCC1=O)OCCOCCOOC(=O)CCCC(=O)ON1C(=O)CCC1=O. The molecule has 16 heteroatoms. The van der Waals surface area contributed by atoms with E-state index in [1.165, 1.54) is 0 Å². The van der Waals surface area contributed by atoms with E-state index in [1.807, 2.05) is 0 Å². The maximum atomic E-state index is 11.6. The molecule has 2 saturated heterocycles. The first kappa shape index (κ1) is 30.3. The summed E-state index contributed by atoms with van der Waals surface area (Å²) in [6.45, 7) is -0.112. The van der Waals surface area contributed by atoms with Crippen molar-refractivity contribution in [1.29, 1.82) is 0 Å². The molecule has 16 nitrogen and oxygen atoms in total. The van der Waals surface area contributed by atoms with Crippen molar-refractivity contribution >= 4 is 47.5 Å². The molecule has 0 radical (unpaired) electrons. The molecule has 2 aliphatic rings. The van der Waals surface area contributed by atoms with Crippen molar-refractivity contribution in [3.63, 3.8) is 0 Å². The lowest BCUT2D eigenvalue weighted by atomic mass is 10.2. The van der Waals surface area contributed by atoms with Crippen LogP contribution in [0, 0.1) is 0 Å². The Morgan fingerprint density at radius 1 is 0.553 bits per heavy atom. The van der Waals surface area contributed by atoms with Crippen LogP contribution in [0.4, 0.5) is 0 Å². The van der Waals surface area contributed by atoms with Gasteiger partial charge in [0.1, 0.15) is 13.2 Å². The predicted octanol–water partition coefficient (Wildman–Crippen LogP) is -0.424. The molecule has 0 N–H and O–H groups in total. The number of rotatable bonds is 17. The fourth-order valence-electron chi connectivity index (χ4n) is 3.00. The summed E-state index contributed by atoms with van der Waals surface area (Å²) in [4.78, 5) is 110. The summed E-state index contributed by atoms with van der Waals surface area (Å²) in [7, 11) is 0. The third kappa shape index (κ3) is 11.0. The Labute approximate surface area is 216 Å². The molecule has 2 aliphatic heterocycles. The van der Waals surface area contributed by atoms with Crippen LogP contribution in [0.1, 0.15) is 64.2 Å². The number of esters is 1. The van der Waals surface area contributed by atoms with Gasteiger partial charge in [-0.2, -0.15) is 4.89 Å². The number of hydrogen-bond donors (Lipinski definition) is 0. The van der Waals surface area contributed by atoms with Crippen molar-refractivity contribution in [3.05, 3.63) is 0 Å². The zero-order chi connectivity index (χ0) is 27.9. The molecule has 4 amide bonds. The van der Waals surface area contributed by atoms with Gasteiger partial charge in [0.2, 0.25) is 0 Å². The Balaban J connectivity index is 1.38. The summed E-state index contributed by atoms with van der Waals surface area (Å²) in [6.07, 6.45) is -0.517. The maximum Gasteiger partial charge on any atom is 0.342 e. The van der Waals surface area contributed by atoms with E-state index in [0.29, 0.717) is 10.1 Å². The van der Waals surface area contributed by atoms with E-state index in [4.69, 9.17) is 9.47 Å². The summed E-state index contributed by atoms with van der Waals surface area (Å²) in [5.74, 6) is -5.32. The molecule has 2 heterocycles. The first-order valence-corrected chi connectivity index (χ1v) is 11.9. The molecule has 0 atom stereocenters. The highest BCUT2D eigenvalue weighted by Crippen LogP contribution is 2.14. The lowest BCUT2D eigenvalue weighted by Gasteiger charge is -2.12. The van der Waals surface area contributed by atoms with Crippen LogP contribution in [0.3, 0.4) is 0 Å². The van der Waals surface area contributed by atoms with Crippen LogP contribution >= 0.6 is 0 Å². The Bertz CT molecular complexity index is 827. The van der Waals surface area contributed by atoms with Gasteiger partial charge in [0.25, 0.3) is 23.6 Å². The van der Waals surface area contributed by atoms with E-state index in [1.54, 1.807) is 0 Å². The lowest BCUT2D eigenvalue weighted by Crippen LogP contribution is -2.32. The Kier molecular flexibility index (Phi) is 12.8. The molecule has 0 spiro atoms. The number of carbonyl (C=O) groups is 8. The molecule has 0 aromatic heterocycles. The van der Waals surface area contributed by atoms with Gasteiger partial charge in [-0.05, 0) is 12.8 Å². The van der Waals surface area contributed by atoms with Crippen LogP contribution in [0.15, 0.2) is 0 Å². The fourth-order valence-corrected chi connectivity index (χ4v) is 3.00. The number of hydroxylamine groups is 4. The van der Waals surface area contributed by atoms with Crippen molar-refractivity contribution in [2.45, 2.75) is 64.2 Å². The molecule has 210 valence electrons. The third-order valence-electron chi connectivity index (χ3n) is 4.87. The van der Waals surface area contributed by atoms with Crippen molar-refractivity contribution in [1.82, 2.24) is 10.1 Å². The largest absolute Gasteiger partial charge is 0.463 e. The second-order valence-corrected chi connectivity index (χ2v) is 7.91. The smallest absolute Gasteiger partial charge is 0.342 e. The van der Waals surface area contributed by atoms with Gasteiger partial charge in [-0.25, -0.2) is 14.4 Å². The van der Waals surface area contributed by atoms with Crippen LogP contribution in [0.5, 0.6) is 0 Å². The van der Waals surface area contributed by atoms with Gasteiger partial charge in [-0.15, -0.1) is 10.1 Å². The minimum atomic E-state index is -0.827. The molecule has 38 heavy (non-hydrogen) atoms. The first-order chi connectivity index (χ1) is 18.2. The summed E-state index contributed by atoms with van der Waals surface area (Å²) in [6, 6.07) is 0. The topological polar surface area (TPSA) is 198 Å². The molecule has 2 fully saturated rings. The highest BCUT2D eigenvalue weighted by molar-refractivity contribution is 6.02. The monoisotopic (exact) mass is 544 g/mol. The first-order valence-electron chi connectivity index (χ1n) is 11.9. The number of nitrogens with zero attached hydrogens (tertiary/aromatic N) is 2.